The number of carbonyl (C=O) groups is 1. The van der Waals surface area contributed by atoms with E-state index in [1.54, 1.807) is 0 Å². The molecule has 2 fully saturated rings. The molecular weight excluding hydrogens is 276 g/mol. The lowest BCUT2D eigenvalue weighted by atomic mass is 10.2. The smallest absolute Gasteiger partial charge is 0.236 e. The molecule has 1 saturated heterocycles. The van der Waals surface area contributed by atoms with Crippen molar-refractivity contribution in [1.29, 1.82) is 0 Å². The van der Waals surface area contributed by atoms with Crippen molar-refractivity contribution in [3.8, 4) is 0 Å². The van der Waals surface area contributed by atoms with Crippen LogP contribution in [0.4, 0.5) is 0 Å². The van der Waals surface area contributed by atoms with Crippen LogP contribution in [0.2, 0.25) is 0 Å². The van der Waals surface area contributed by atoms with Gasteiger partial charge in [0.1, 0.15) is 0 Å². The second kappa shape index (κ2) is 7.75. The van der Waals surface area contributed by atoms with Crippen LogP contribution in [0.3, 0.4) is 0 Å². The van der Waals surface area contributed by atoms with Crippen LogP contribution in [0.25, 0.3) is 0 Å². The molecule has 0 radical (unpaired) electrons. The molecule has 120 valence electrons. The lowest BCUT2D eigenvalue weighted by Gasteiger charge is -2.26. The molecule has 1 aromatic carbocycles. The highest BCUT2D eigenvalue weighted by molar-refractivity contribution is 5.78. The van der Waals surface area contributed by atoms with E-state index in [2.05, 4.69) is 17.4 Å². The summed E-state index contributed by atoms with van der Waals surface area (Å²) in [5.74, 6) is 0.980. The quantitative estimate of drug-likeness (QED) is 0.800. The first kappa shape index (κ1) is 15.5. The Kier molecular flexibility index (Phi) is 5.46. The summed E-state index contributed by atoms with van der Waals surface area (Å²) in [6.07, 6.45) is 5.00. The Morgan fingerprint density at radius 3 is 2.73 bits per heavy atom. The number of amides is 1. The van der Waals surface area contributed by atoms with Crippen molar-refractivity contribution < 1.29 is 9.53 Å². The Balaban J connectivity index is 1.54. The summed E-state index contributed by atoms with van der Waals surface area (Å²) in [6.45, 7) is 3.63. The molecular formula is C18H26N2O2. The molecule has 4 heteroatoms. The van der Waals surface area contributed by atoms with Gasteiger partial charge in [0.25, 0.3) is 0 Å². The van der Waals surface area contributed by atoms with Gasteiger partial charge in [-0.25, -0.2) is 0 Å². The SMILES string of the molecule is O=C(CNCC1CC1)N(Cc1ccccc1)CC1CCCO1. The first-order valence-electron chi connectivity index (χ1n) is 8.45. The molecule has 2 aliphatic rings. The molecule has 1 N–H and O–H groups in total. The second-order valence-corrected chi connectivity index (χ2v) is 6.47. The van der Waals surface area contributed by atoms with Crippen LogP contribution in [0, 0.1) is 5.92 Å². The predicted molar refractivity (Wildman–Crippen MR) is 86.4 cm³/mol. The van der Waals surface area contributed by atoms with Gasteiger partial charge in [-0.05, 0) is 43.7 Å². The van der Waals surface area contributed by atoms with Crippen LogP contribution in [-0.4, -0.2) is 43.2 Å². The summed E-state index contributed by atoms with van der Waals surface area (Å²) < 4.78 is 5.71. The highest BCUT2D eigenvalue weighted by Crippen LogP contribution is 2.27. The molecule has 1 aliphatic heterocycles. The predicted octanol–water partition coefficient (Wildman–Crippen LogP) is 2.19. The zero-order chi connectivity index (χ0) is 15.2. The average molecular weight is 302 g/mol. The van der Waals surface area contributed by atoms with E-state index in [4.69, 9.17) is 4.74 Å². The molecule has 0 aromatic heterocycles. The topological polar surface area (TPSA) is 41.6 Å². The molecule has 1 amide bonds. The molecule has 1 saturated carbocycles. The van der Waals surface area contributed by atoms with E-state index in [9.17, 15) is 4.79 Å². The van der Waals surface area contributed by atoms with E-state index >= 15 is 0 Å². The van der Waals surface area contributed by atoms with Crippen molar-refractivity contribution in [3.63, 3.8) is 0 Å². The molecule has 22 heavy (non-hydrogen) atoms. The fourth-order valence-electron chi connectivity index (χ4n) is 2.91. The number of hydrogen-bond donors (Lipinski definition) is 1. The number of nitrogens with one attached hydrogen (secondary N) is 1. The Morgan fingerprint density at radius 1 is 1.23 bits per heavy atom. The zero-order valence-electron chi connectivity index (χ0n) is 13.2. The van der Waals surface area contributed by atoms with E-state index in [0.717, 1.165) is 31.9 Å². The molecule has 1 aliphatic carbocycles. The number of ether oxygens (including phenoxy) is 1. The fourth-order valence-corrected chi connectivity index (χ4v) is 2.91. The van der Waals surface area contributed by atoms with Crippen molar-refractivity contribution in [2.24, 2.45) is 5.92 Å². The van der Waals surface area contributed by atoms with Gasteiger partial charge in [0.2, 0.25) is 5.91 Å². The minimum atomic E-state index is 0.181. The minimum absolute atomic E-state index is 0.181. The molecule has 0 bridgehead atoms. The summed E-state index contributed by atoms with van der Waals surface area (Å²) in [6, 6.07) is 10.2. The van der Waals surface area contributed by atoms with Gasteiger partial charge in [0, 0.05) is 19.7 Å². The molecule has 1 unspecified atom stereocenters. The Bertz CT molecular complexity index is 467. The highest BCUT2D eigenvalue weighted by Gasteiger charge is 2.24. The van der Waals surface area contributed by atoms with Gasteiger partial charge < -0.3 is 15.0 Å². The van der Waals surface area contributed by atoms with Gasteiger partial charge in [-0.1, -0.05) is 30.3 Å². The number of rotatable bonds is 8. The number of hydrogen-bond acceptors (Lipinski definition) is 3. The third kappa shape index (κ3) is 4.82. The zero-order valence-corrected chi connectivity index (χ0v) is 13.2. The van der Waals surface area contributed by atoms with Gasteiger partial charge in [-0.2, -0.15) is 0 Å². The average Bonchev–Trinajstić information content (AvgIpc) is 3.22. The lowest BCUT2D eigenvalue weighted by molar-refractivity contribution is -0.132. The van der Waals surface area contributed by atoms with Crippen LogP contribution in [-0.2, 0) is 16.1 Å². The van der Waals surface area contributed by atoms with Gasteiger partial charge >= 0.3 is 0 Å². The number of benzene rings is 1. The summed E-state index contributed by atoms with van der Waals surface area (Å²) in [4.78, 5) is 14.5. The van der Waals surface area contributed by atoms with E-state index in [0.29, 0.717) is 19.6 Å². The van der Waals surface area contributed by atoms with E-state index in [1.165, 1.54) is 18.4 Å². The Morgan fingerprint density at radius 2 is 2.05 bits per heavy atom. The monoisotopic (exact) mass is 302 g/mol. The standard InChI is InChI=1S/C18H26N2O2/c21-18(12-19-11-15-8-9-15)20(14-17-7-4-10-22-17)13-16-5-2-1-3-6-16/h1-3,5-6,15,17,19H,4,7-14H2. The first-order valence-corrected chi connectivity index (χ1v) is 8.45. The number of nitrogens with zero attached hydrogens (tertiary/aromatic N) is 1. The van der Waals surface area contributed by atoms with Crippen molar-refractivity contribution in [2.45, 2.75) is 38.3 Å². The Labute approximate surface area is 132 Å². The van der Waals surface area contributed by atoms with E-state index in [1.807, 2.05) is 23.1 Å². The van der Waals surface area contributed by atoms with Gasteiger partial charge in [-0.3, -0.25) is 4.79 Å². The first-order chi connectivity index (χ1) is 10.8. The fraction of sp³-hybridized carbons (Fsp3) is 0.611. The van der Waals surface area contributed by atoms with Crippen molar-refractivity contribution in [1.82, 2.24) is 10.2 Å². The van der Waals surface area contributed by atoms with Crippen molar-refractivity contribution in [3.05, 3.63) is 35.9 Å². The third-order valence-electron chi connectivity index (χ3n) is 4.42. The van der Waals surface area contributed by atoms with Crippen molar-refractivity contribution in [2.75, 3.05) is 26.2 Å². The molecule has 1 heterocycles. The highest BCUT2D eigenvalue weighted by atomic mass is 16.5. The Hall–Kier alpha value is -1.39. The molecule has 0 spiro atoms. The van der Waals surface area contributed by atoms with Gasteiger partial charge in [0.05, 0.1) is 12.6 Å². The van der Waals surface area contributed by atoms with Crippen LogP contribution >= 0.6 is 0 Å². The summed E-state index contributed by atoms with van der Waals surface area (Å²) >= 11 is 0. The molecule has 3 rings (SSSR count). The van der Waals surface area contributed by atoms with Crippen LogP contribution < -0.4 is 5.32 Å². The van der Waals surface area contributed by atoms with Crippen molar-refractivity contribution >= 4 is 5.91 Å². The van der Waals surface area contributed by atoms with E-state index in [-0.39, 0.29) is 12.0 Å². The second-order valence-electron chi connectivity index (χ2n) is 6.47. The third-order valence-corrected chi connectivity index (χ3v) is 4.42. The summed E-state index contributed by atoms with van der Waals surface area (Å²) in [7, 11) is 0. The molecule has 1 atom stereocenters. The van der Waals surface area contributed by atoms with Gasteiger partial charge in [0.15, 0.2) is 0 Å². The summed E-state index contributed by atoms with van der Waals surface area (Å²) in [5, 5.41) is 3.31. The van der Waals surface area contributed by atoms with Crippen LogP contribution in [0.15, 0.2) is 30.3 Å². The molecule has 4 nitrogen and oxygen atoms in total. The maximum atomic E-state index is 12.5. The maximum absolute atomic E-state index is 12.5. The minimum Gasteiger partial charge on any atom is -0.376 e. The molecule has 1 aromatic rings. The van der Waals surface area contributed by atoms with Gasteiger partial charge in [-0.15, -0.1) is 0 Å². The van der Waals surface area contributed by atoms with E-state index < -0.39 is 0 Å². The van der Waals surface area contributed by atoms with Crippen LogP contribution in [0.5, 0.6) is 0 Å². The van der Waals surface area contributed by atoms with Crippen LogP contribution in [0.1, 0.15) is 31.2 Å². The number of carbonyl (C=O) groups excluding carboxylic acids is 1. The largest absolute Gasteiger partial charge is 0.376 e. The normalized spacial score (nSPS) is 21.0. The maximum Gasteiger partial charge on any atom is 0.236 e. The summed E-state index contributed by atoms with van der Waals surface area (Å²) in [5.41, 5.74) is 1.18. The lowest BCUT2D eigenvalue weighted by Crippen LogP contribution is -2.42.